The molecule has 0 bridgehead atoms. The van der Waals surface area contributed by atoms with Crippen molar-refractivity contribution in [3.05, 3.63) is 46.9 Å². The lowest BCUT2D eigenvalue weighted by atomic mass is 10.3. The predicted molar refractivity (Wildman–Crippen MR) is 80.1 cm³/mol. The number of carbonyl (C=O) groups is 1. The molecular formula is C14H14ClNO3S. The Kier molecular flexibility index (Phi) is 4.98. The molecular weight excluding hydrogens is 298 g/mol. The van der Waals surface area contributed by atoms with Gasteiger partial charge in [0.15, 0.2) is 0 Å². The van der Waals surface area contributed by atoms with Crippen molar-refractivity contribution in [2.24, 2.45) is 0 Å². The molecule has 0 radical (unpaired) electrons. The molecule has 4 nitrogen and oxygen atoms in total. The third kappa shape index (κ3) is 3.49. The molecule has 20 heavy (non-hydrogen) atoms. The van der Waals surface area contributed by atoms with Crippen LogP contribution in [0.2, 0.25) is 5.02 Å². The SMILES string of the molecule is CCOC(=O)c1ccoc1CSc1ccc(N)c(Cl)c1. The first-order valence-corrected chi connectivity index (χ1v) is 7.39. The molecule has 0 aliphatic carbocycles. The number of thioether (sulfide) groups is 1. The number of carbonyl (C=O) groups excluding carboxylic acids is 1. The van der Waals surface area contributed by atoms with Crippen molar-refractivity contribution in [1.82, 2.24) is 0 Å². The Hall–Kier alpha value is -1.59. The number of benzene rings is 1. The Labute approximate surface area is 126 Å². The first kappa shape index (κ1) is 14.8. The molecule has 0 aliphatic rings. The Morgan fingerprint density at radius 3 is 2.95 bits per heavy atom. The lowest BCUT2D eigenvalue weighted by molar-refractivity contribution is 0.0524. The summed E-state index contributed by atoms with van der Waals surface area (Å²) in [5.41, 5.74) is 6.66. The summed E-state index contributed by atoms with van der Waals surface area (Å²) >= 11 is 7.47. The smallest absolute Gasteiger partial charge is 0.341 e. The first-order chi connectivity index (χ1) is 9.61. The molecule has 0 fully saturated rings. The highest BCUT2D eigenvalue weighted by Crippen LogP contribution is 2.29. The van der Waals surface area contributed by atoms with E-state index in [0.29, 0.717) is 34.4 Å². The number of hydrogen-bond donors (Lipinski definition) is 1. The van der Waals surface area contributed by atoms with Crippen LogP contribution < -0.4 is 5.73 Å². The summed E-state index contributed by atoms with van der Waals surface area (Å²) in [6, 6.07) is 7.02. The van der Waals surface area contributed by atoms with Gasteiger partial charge in [0.2, 0.25) is 0 Å². The summed E-state index contributed by atoms with van der Waals surface area (Å²) < 4.78 is 10.3. The predicted octanol–water partition coefficient (Wildman–Crippen LogP) is 3.98. The van der Waals surface area contributed by atoms with Crippen LogP contribution >= 0.6 is 23.4 Å². The van der Waals surface area contributed by atoms with E-state index in [1.165, 1.54) is 18.0 Å². The molecule has 0 amide bonds. The third-order valence-electron chi connectivity index (χ3n) is 2.58. The maximum Gasteiger partial charge on any atom is 0.341 e. The van der Waals surface area contributed by atoms with Gasteiger partial charge in [0, 0.05) is 4.90 Å². The average Bonchev–Trinajstić information content (AvgIpc) is 2.89. The van der Waals surface area contributed by atoms with E-state index in [0.717, 1.165) is 4.90 Å². The van der Waals surface area contributed by atoms with Crippen LogP contribution in [0.5, 0.6) is 0 Å². The van der Waals surface area contributed by atoms with Crippen molar-refractivity contribution >= 4 is 35.0 Å². The molecule has 2 N–H and O–H groups in total. The molecule has 1 aromatic heterocycles. The molecule has 0 saturated carbocycles. The van der Waals surface area contributed by atoms with E-state index in [2.05, 4.69) is 0 Å². The maximum absolute atomic E-state index is 11.7. The molecule has 2 rings (SSSR count). The standard InChI is InChI=1S/C14H14ClNO3S/c1-2-18-14(17)10-5-6-19-13(10)8-20-9-3-4-12(16)11(15)7-9/h3-7H,2,8,16H2,1H3. The highest BCUT2D eigenvalue weighted by atomic mass is 35.5. The van der Waals surface area contributed by atoms with Crippen LogP contribution in [-0.2, 0) is 10.5 Å². The maximum atomic E-state index is 11.7. The molecule has 1 aromatic carbocycles. The summed E-state index contributed by atoms with van der Waals surface area (Å²) in [5.74, 6) is 0.732. The second-order valence-corrected chi connectivity index (χ2v) is 5.41. The fourth-order valence-corrected chi connectivity index (χ4v) is 2.72. The number of anilines is 1. The van der Waals surface area contributed by atoms with E-state index in [1.54, 1.807) is 25.1 Å². The minimum absolute atomic E-state index is 0.337. The summed E-state index contributed by atoms with van der Waals surface area (Å²) in [6.07, 6.45) is 1.48. The lowest BCUT2D eigenvalue weighted by Gasteiger charge is -2.04. The van der Waals surface area contributed by atoms with Crippen LogP contribution in [0.4, 0.5) is 5.69 Å². The number of halogens is 1. The zero-order valence-corrected chi connectivity index (χ0v) is 12.5. The molecule has 0 atom stereocenters. The van der Waals surface area contributed by atoms with Gasteiger partial charge in [-0.25, -0.2) is 4.79 Å². The van der Waals surface area contributed by atoms with Gasteiger partial charge in [-0.2, -0.15) is 0 Å². The molecule has 0 spiro atoms. The molecule has 1 heterocycles. The highest BCUT2D eigenvalue weighted by Gasteiger charge is 2.15. The quantitative estimate of drug-likeness (QED) is 0.514. The fourth-order valence-electron chi connectivity index (χ4n) is 1.59. The van der Waals surface area contributed by atoms with Crippen LogP contribution in [0.3, 0.4) is 0 Å². The average molecular weight is 312 g/mol. The van der Waals surface area contributed by atoms with Gasteiger partial charge in [0.25, 0.3) is 0 Å². The van der Waals surface area contributed by atoms with E-state index in [4.69, 9.17) is 26.5 Å². The van der Waals surface area contributed by atoms with E-state index < -0.39 is 0 Å². The number of hydrogen-bond acceptors (Lipinski definition) is 5. The molecule has 0 aliphatic heterocycles. The van der Waals surface area contributed by atoms with E-state index in [9.17, 15) is 4.79 Å². The summed E-state index contributed by atoms with van der Waals surface area (Å²) in [4.78, 5) is 12.7. The van der Waals surface area contributed by atoms with Crippen molar-refractivity contribution < 1.29 is 13.9 Å². The number of ether oxygens (including phenoxy) is 1. The van der Waals surface area contributed by atoms with Crippen LogP contribution in [0, 0.1) is 0 Å². The minimum Gasteiger partial charge on any atom is -0.468 e. The van der Waals surface area contributed by atoms with E-state index in [1.807, 2.05) is 6.07 Å². The van der Waals surface area contributed by atoms with Gasteiger partial charge in [-0.05, 0) is 31.2 Å². The summed E-state index contributed by atoms with van der Waals surface area (Å²) in [6.45, 7) is 2.10. The zero-order valence-electron chi connectivity index (χ0n) is 10.9. The highest BCUT2D eigenvalue weighted by molar-refractivity contribution is 7.98. The Morgan fingerprint density at radius 2 is 2.25 bits per heavy atom. The fraction of sp³-hybridized carbons (Fsp3) is 0.214. The molecule has 6 heteroatoms. The number of furan rings is 1. The van der Waals surface area contributed by atoms with E-state index in [-0.39, 0.29) is 5.97 Å². The van der Waals surface area contributed by atoms with Crippen molar-refractivity contribution in [3.63, 3.8) is 0 Å². The topological polar surface area (TPSA) is 65.5 Å². The van der Waals surface area contributed by atoms with Crippen molar-refractivity contribution in [3.8, 4) is 0 Å². The van der Waals surface area contributed by atoms with Crippen molar-refractivity contribution in [2.75, 3.05) is 12.3 Å². The molecule has 106 valence electrons. The minimum atomic E-state index is -0.368. The van der Waals surface area contributed by atoms with Gasteiger partial charge in [0.05, 0.1) is 29.3 Å². The summed E-state index contributed by atoms with van der Waals surface area (Å²) in [5, 5.41) is 0.514. The van der Waals surface area contributed by atoms with Crippen molar-refractivity contribution in [2.45, 2.75) is 17.6 Å². The van der Waals surface area contributed by atoms with Gasteiger partial charge in [0.1, 0.15) is 11.3 Å². The number of esters is 1. The van der Waals surface area contributed by atoms with E-state index >= 15 is 0 Å². The van der Waals surface area contributed by atoms with Gasteiger partial charge in [-0.1, -0.05) is 11.6 Å². The number of nitrogens with two attached hydrogens (primary N) is 1. The number of rotatable bonds is 5. The van der Waals surface area contributed by atoms with Crippen LogP contribution in [0.25, 0.3) is 0 Å². The van der Waals surface area contributed by atoms with Crippen LogP contribution in [0.15, 0.2) is 39.8 Å². The Morgan fingerprint density at radius 1 is 1.45 bits per heavy atom. The normalized spacial score (nSPS) is 10.5. The van der Waals surface area contributed by atoms with Gasteiger partial charge in [-0.15, -0.1) is 11.8 Å². The molecule has 0 saturated heterocycles. The monoisotopic (exact) mass is 311 g/mol. The van der Waals surface area contributed by atoms with Crippen molar-refractivity contribution in [1.29, 1.82) is 0 Å². The zero-order chi connectivity index (χ0) is 14.5. The van der Waals surface area contributed by atoms with Gasteiger partial charge < -0.3 is 14.9 Å². The molecule has 2 aromatic rings. The largest absolute Gasteiger partial charge is 0.468 e. The first-order valence-electron chi connectivity index (χ1n) is 6.03. The Bertz CT molecular complexity index is 612. The van der Waals surface area contributed by atoms with Crippen LogP contribution in [0.1, 0.15) is 23.0 Å². The van der Waals surface area contributed by atoms with Crippen LogP contribution in [-0.4, -0.2) is 12.6 Å². The second-order valence-electron chi connectivity index (χ2n) is 3.95. The second kappa shape index (κ2) is 6.72. The molecule has 0 unspecified atom stereocenters. The third-order valence-corrected chi connectivity index (χ3v) is 3.90. The Balaban J connectivity index is 2.05. The number of nitrogen functional groups attached to an aromatic ring is 1. The van der Waals surface area contributed by atoms with Gasteiger partial charge in [-0.3, -0.25) is 0 Å². The summed E-state index contributed by atoms with van der Waals surface area (Å²) in [7, 11) is 0. The lowest BCUT2D eigenvalue weighted by Crippen LogP contribution is -2.05. The van der Waals surface area contributed by atoms with Gasteiger partial charge >= 0.3 is 5.97 Å².